The molecule has 1 aliphatic rings. The molecule has 0 N–H and O–H groups in total. The minimum atomic E-state index is -4.29. The van der Waals surface area contributed by atoms with Crippen molar-refractivity contribution >= 4 is 0 Å². The van der Waals surface area contributed by atoms with Crippen LogP contribution < -0.4 is 0 Å². The zero-order valence-corrected chi connectivity index (χ0v) is 8.80. The van der Waals surface area contributed by atoms with Crippen molar-refractivity contribution in [2.24, 2.45) is 5.92 Å². The van der Waals surface area contributed by atoms with E-state index in [0.29, 0.717) is 18.2 Å². The van der Waals surface area contributed by atoms with Crippen molar-refractivity contribution in [3.8, 4) is 0 Å². The van der Waals surface area contributed by atoms with Gasteiger partial charge in [0.2, 0.25) is 0 Å². The molecule has 4 heteroatoms. The van der Waals surface area contributed by atoms with E-state index in [-0.39, 0.29) is 0 Å². The molecule has 0 unspecified atom stereocenters. The van der Waals surface area contributed by atoms with Crippen molar-refractivity contribution < 1.29 is 13.2 Å². The smallest absolute Gasteiger partial charge is 0.348 e. The van der Waals surface area contributed by atoms with E-state index in [1.165, 1.54) is 11.0 Å². The molecular weight excluding hydrogens is 203 g/mol. The number of hydrogen-bond donors (Lipinski definition) is 0. The van der Waals surface area contributed by atoms with Crippen LogP contribution in [0.2, 0.25) is 0 Å². The normalized spacial score (nSPS) is 17.3. The molecule has 0 aliphatic carbocycles. The summed E-state index contributed by atoms with van der Waals surface area (Å²) in [4.78, 5) is 1.54. The second-order valence-electron chi connectivity index (χ2n) is 3.95. The second-order valence-corrected chi connectivity index (χ2v) is 3.95. The summed E-state index contributed by atoms with van der Waals surface area (Å²) in [5.41, 5.74) is -0.0350. The minimum absolute atomic E-state index is 0.291. The van der Waals surface area contributed by atoms with E-state index >= 15 is 0 Å². The lowest BCUT2D eigenvalue weighted by Crippen LogP contribution is -2.25. The van der Waals surface area contributed by atoms with Gasteiger partial charge in [0.25, 0.3) is 0 Å². The van der Waals surface area contributed by atoms with Crippen LogP contribution in [0.5, 0.6) is 0 Å². The summed E-state index contributed by atoms with van der Waals surface area (Å²) in [7, 11) is 0. The molecule has 0 radical (unpaired) electrons. The van der Waals surface area contributed by atoms with Crippen molar-refractivity contribution in [2.45, 2.75) is 20.0 Å². The SMILES string of the molecule is C=C1C=CC(C(F)(F)F)=CN1CC(C)C. The highest BCUT2D eigenvalue weighted by Crippen LogP contribution is 2.30. The average Bonchev–Trinajstić information content (AvgIpc) is 2.06. The summed E-state index contributed by atoms with van der Waals surface area (Å²) in [6.07, 6.45) is -0.723. The summed E-state index contributed by atoms with van der Waals surface area (Å²) in [5, 5.41) is 0. The first kappa shape index (κ1) is 11.9. The molecule has 1 aliphatic heterocycles. The number of rotatable bonds is 2. The van der Waals surface area contributed by atoms with Crippen LogP contribution in [-0.2, 0) is 0 Å². The van der Waals surface area contributed by atoms with E-state index in [1.54, 1.807) is 0 Å². The topological polar surface area (TPSA) is 3.24 Å². The van der Waals surface area contributed by atoms with E-state index in [9.17, 15) is 13.2 Å². The summed E-state index contributed by atoms with van der Waals surface area (Å²) in [5.74, 6) is 0.291. The van der Waals surface area contributed by atoms with Gasteiger partial charge in [0, 0.05) is 18.4 Å². The van der Waals surface area contributed by atoms with Gasteiger partial charge in [-0.1, -0.05) is 20.4 Å². The standard InChI is InChI=1S/C11H14F3N/c1-8(2)6-15-7-10(11(12,13)14)5-4-9(15)3/h4-5,7-8H,3,6H2,1-2H3. The van der Waals surface area contributed by atoms with Gasteiger partial charge >= 0.3 is 6.18 Å². The molecule has 0 aromatic carbocycles. The fraction of sp³-hybridized carbons (Fsp3) is 0.455. The van der Waals surface area contributed by atoms with Crippen LogP contribution in [0, 0.1) is 5.92 Å². The molecule has 0 bridgehead atoms. The van der Waals surface area contributed by atoms with E-state index in [2.05, 4.69) is 6.58 Å². The van der Waals surface area contributed by atoms with Gasteiger partial charge in [0.15, 0.2) is 0 Å². The van der Waals surface area contributed by atoms with E-state index < -0.39 is 11.7 Å². The maximum absolute atomic E-state index is 12.4. The molecule has 1 nitrogen and oxygen atoms in total. The van der Waals surface area contributed by atoms with Crippen LogP contribution >= 0.6 is 0 Å². The monoisotopic (exact) mass is 217 g/mol. The molecule has 0 fully saturated rings. The number of alkyl halides is 3. The van der Waals surface area contributed by atoms with Crippen LogP contribution in [0.15, 0.2) is 36.2 Å². The first-order valence-corrected chi connectivity index (χ1v) is 4.73. The highest BCUT2D eigenvalue weighted by Gasteiger charge is 2.33. The zero-order valence-electron chi connectivity index (χ0n) is 8.80. The third kappa shape index (κ3) is 3.15. The Hall–Kier alpha value is -1.19. The second kappa shape index (κ2) is 4.13. The summed E-state index contributed by atoms with van der Waals surface area (Å²) >= 11 is 0. The Morgan fingerprint density at radius 2 is 1.93 bits per heavy atom. The number of nitrogens with zero attached hydrogens (tertiary/aromatic N) is 1. The predicted octanol–water partition coefficient (Wildman–Crippen LogP) is 3.47. The van der Waals surface area contributed by atoms with E-state index in [0.717, 1.165) is 12.3 Å². The number of halogens is 3. The Bertz CT molecular complexity index is 310. The minimum Gasteiger partial charge on any atom is -0.348 e. The lowest BCUT2D eigenvalue weighted by atomic mass is 10.1. The van der Waals surface area contributed by atoms with Crippen LogP contribution in [-0.4, -0.2) is 17.6 Å². The van der Waals surface area contributed by atoms with Crippen molar-refractivity contribution in [2.75, 3.05) is 6.54 Å². The van der Waals surface area contributed by atoms with Gasteiger partial charge < -0.3 is 4.90 Å². The molecule has 84 valence electrons. The molecule has 0 amide bonds. The maximum Gasteiger partial charge on any atom is 0.417 e. The highest BCUT2D eigenvalue weighted by atomic mass is 19.4. The molecular formula is C11H14F3N. The van der Waals surface area contributed by atoms with Crippen LogP contribution in [0.4, 0.5) is 13.2 Å². The first-order valence-electron chi connectivity index (χ1n) is 4.73. The van der Waals surface area contributed by atoms with Gasteiger partial charge in [-0.05, 0) is 18.1 Å². The van der Waals surface area contributed by atoms with Gasteiger partial charge in [0.05, 0.1) is 5.57 Å². The van der Waals surface area contributed by atoms with E-state index in [4.69, 9.17) is 0 Å². The lowest BCUT2D eigenvalue weighted by molar-refractivity contribution is -0.0893. The molecule has 0 saturated carbocycles. The van der Waals surface area contributed by atoms with Gasteiger partial charge in [-0.15, -0.1) is 0 Å². The fourth-order valence-electron chi connectivity index (χ4n) is 1.31. The zero-order chi connectivity index (χ0) is 11.6. The van der Waals surface area contributed by atoms with Crippen molar-refractivity contribution in [1.29, 1.82) is 0 Å². The largest absolute Gasteiger partial charge is 0.417 e. The summed E-state index contributed by atoms with van der Waals surface area (Å²) < 4.78 is 37.2. The van der Waals surface area contributed by atoms with Gasteiger partial charge in [-0.2, -0.15) is 13.2 Å². The molecule has 1 heterocycles. The summed E-state index contributed by atoms with van der Waals surface area (Å²) in [6, 6.07) is 0. The van der Waals surface area contributed by atoms with Crippen LogP contribution in [0.1, 0.15) is 13.8 Å². The van der Waals surface area contributed by atoms with Gasteiger partial charge in [-0.3, -0.25) is 0 Å². The Balaban J connectivity index is 2.85. The van der Waals surface area contributed by atoms with Gasteiger partial charge in [-0.25, -0.2) is 0 Å². The quantitative estimate of drug-likeness (QED) is 0.684. The molecule has 0 spiro atoms. The Morgan fingerprint density at radius 1 is 1.33 bits per heavy atom. The maximum atomic E-state index is 12.4. The van der Waals surface area contributed by atoms with Gasteiger partial charge in [0.1, 0.15) is 0 Å². The van der Waals surface area contributed by atoms with Crippen LogP contribution in [0.3, 0.4) is 0 Å². The molecule has 15 heavy (non-hydrogen) atoms. The number of allylic oxidation sites excluding steroid dienone is 3. The Kier molecular flexibility index (Phi) is 3.27. The lowest BCUT2D eigenvalue weighted by Gasteiger charge is -2.27. The molecule has 1 rings (SSSR count). The summed E-state index contributed by atoms with van der Waals surface area (Å²) in [6.45, 7) is 8.14. The molecule has 0 atom stereocenters. The molecule has 0 aromatic heterocycles. The number of hydrogen-bond acceptors (Lipinski definition) is 1. The molecule has 0 saturated heterocycles. The fourth-order valence-corrected chi connectivity index (χ4v) is 1.31. The van der Waals surface area contributed by atoms with Crippen molar-refractivity contribution in [3.05, 3.63) is 36.2 Å². The average molecular weight is 217 g/mol. The van der Waals surface area contributed by atoms with Crippen molar-refractivity contribution in [1.82, 2.24) is 4.90 Å². The molecule has 0 aromatic rings. The third-order valence-corrected chi connectivity index (χ3v) is 2.01. The first-order chi connectivity index (χ1) is 6.80. The highest BCUT2D eigenvalue weighted by molar-refractivity contribution is 5.35. The predicted molar refractivity (Wildman–Crippen MR) is 54.0 cm³/mol. The third-order valence-electron chi connectivity index (χ3n) is 2.01. The van der Waals surface area contributed by atoms with Crippen LogP contribution in [0.25, 0.3) is 0 Å². The van der Waals surface area contributed by atoms with E-state index in [1.807, 2.05) is 13.8 Å². The van der Waals surface area contributed by atoms with Crippen molar-refractivity contribution in [3.63, 3.8) is 0 Å². The Morgan fingerprint density at radius 3 is 2.40 bits per heavy atom. The Labute approximate surface area is 87.6 Å².